The first-order valence-electron chi connectivity index (χ1n) is 4.24. The molecule has 0 spiro atoms. The summed E-state index contributed by atoms with van der Waals surface area (Å²) in [5.74, 6) is -5.05. The maximum atomic E-state index is 11.1. The lowest BCUT2D eigenvalue weighted by atomic mass is 10.5. The second-order valence-corrected chi connectivity index (χ2v) is 2.74. The zero-order chi connectivity index (χ0) is 14.3. The van der Waals surface area contributed by atoms with Crippen molar-refractivity contribution >= 4 is 35.7 Å². The van der Waals surface area contributed by atoms with Crippen molar-refractivity contribution in [2.45, 2.75) is 0 Å². The van der Waals surface area contributed by atoms with E-state index in [1.807, 2.05) is 10.6 Å². The molecule has 12 N–H and O–H groups in total. The second kappa shape index (κ2) is 6.41. The van der Waals surface area contributed by atoms with Gasteiger partial charge in [-0.25, -0.2) is 0 Å². The third-order valence-corrected chi connectivity index (χ3v) is 1.20. The number of nitrogens with two attached hydrogens (primary N) is 2. The topological polar surface area (TPSA) is 230 Å². The number of carbonyl (C=O) groups is 2. The zero-order valence-corrected chi connectivity index (χ0v) is 8.97. The summed E-state index contributed by atoms with van der Waals surface area (Å²) < 4.78 is 0. The van der Waals surface area contributed by atoms with Gasteiger partial charge in [0.15, 0.2) is 11.9 Å². The van der Waals surface area contributed by atoms with Gasteiger partial charge in [-0.3, -0.25) is 52.5 Å². The molecule has 0 radical (unpaired) electrons. The van der Waals surface area contributed by atoms with Gasteiger partial charge in [0.2, 0.25) is 11.9 Å². The Morgan fingerprint density at radius 2 is 0.944 bits per heavy atom. The normalized spacial score (nSPS) is 8.67. The highest BCUT2D eigenvalue weighted by Gasteiger charge is 2.16. The minimum absolute atomic E-state index is 0.591. The lowest BCUT2D eigenvalue weighted by Gasteiger charge is -2.09. The largest absolute Gasteiger partial charge is 0.370 e. The van der Waals surface area contributed by atoms with Crippen LogP contribution in [0.4, 0.5) is 0 Å². The third kappa shape index (κ3) is 6.33. The molecule has 0 heterocycles. The monoisotopic (exact) mass is 256 g/mol. The fourth-order valence-corrected chi connectivity index (χ4v) is 0.672. The molecule has 0 unspecified atom stereocenters. The molecule has 0 saturated heterocycles. The maximum absolute atomic E-state index is 11.1. The molecular weight excluding hydrogens is 244 g/mol. The molecule has 18 heavy (non-hydrogen) atoms. The third-order valence-electron chi connectivity index (χ3n) is 1.20. The molecule has 0 aromatic carbocycles. The van der Waals surface area contributed by atoms with Gasteiger partial charge in [0, 0.05) is 0 Å². The summed E-state index contributed by atoms with van der Waals surface area (Å²) in [5.41, 5.74) is 9.76. The van der Waals surface area contributed by atoms with Crippen LogP contribution in [-0.2, 0) is 9.59 Å². The summed E-state index contributed by atoms with van der Waals surface area (Å²) in [4.78, 5) is 22.3. The van der Waals surface area contributed by atoms with Crippen molar-refractivity contribution in [2.75, 3.05) is 0 Å². The van der Waals surface area contributed by atoms with Gasteiger partial charge in [-0.15, -0.1) is 0 Å². The SMILES string of the molecule is N=C(N)NC(=N)NC(=O)C(=O)NC(=N)NC(=N)N. The van der Waals surface area contributed by atoms with E-state index in [1.54, 1.807) is 10.6 Å². The van der Waals surface area contributed by atoms with Crippen LogP contribution in [0.3, 0.4) is 0 Å². The van der Waals surface area contributed by atoms with E-state index in [4.69, 9.17) is 33.1 Å². The number of amides is 2. The van der Waals surface area contributed by atoms with E-state index in [1.165, 1.54) is 0 Å². The summed E-state index contributed by atoms with van der Waals surface area (Å²) in [6, 6.07) is 0. The van der Waals surface area contributed by atoms with E-state index < -0.39 is 35.7 Å². The molecule has 2 amide bonds. The van der Waals surface area contributed by atoms with Crippen molar-refractivity contribution in [1.82, 2.24) is 21.3 Å². The average molecular weight is 256 g/mol. The smallest absolute Gasteiger partial charge is 0.316 e. The molecule has 0 bridgehead atoms. The van der Waals surface area contributed by atoms with Gasteiger partial charge >= 0.3 is 11.8 Å². The fraction of sp³-hybridized carbons (Fsp3) is 0. The van der Waals surface area contributed by atoms with Gasteiger partial charge < -0.3 is 11.5 Å². The molecule has 0 aliphatic heterocycles. The van der Waals surface area contributed by atoms with E-state index in [2.05, 4.69) is 0 Å². The molecule has 0 rings (SSSR count). The zero-order valence-electron chi connectivity index (χ0n) is 8.97. The Labute approximate surface area is 101 Å². The van der Waals surface area contributed by atoms with Crippen LogP contribution >= 0.6 is 0 Å². The highest BCUT2D eigenvalue weighted by molar-refractivity contribution is 6.40. The number of hydrogen-bond donors (Lipinski definition) is 10. The van der Waals surface area contributed by atoms with Gasteiger partial charge in [0.25, 0.3) is 0 Å². The van der Waals surface area contributed by atoms with Crippen molar-refractivity contribution in [1.29, 1.82) is 21.6 Å². The van der Waals surface area contributed by atoms with Gasteiger partial charge in [0.05, 0.1) is 0 Å². The van der Waals surface area contributed by atoms with E-state index in [-0.39, 0.29) is 0 Å². The Balaban J connectivity index is 4.23. The summed E-state index contributed by atoms with van der Waals surface area (Å²) >= 11 is 0. The molecule has 0 aromatic rings. The van der Waals surface area contributed by atoms with E-state index in [0.29, 0.717) is 0 Å². The van der Waals surface area contributed by atoms with Crippen molar-refractivity contribution < 1.29 is 9.59 Å². The van der Waals surface area contributed by atoms with Crippen LogP contribution in [0.1, 0.15) is 0 Å². The van der Waals surface area contributed by atoms with Crippen LogP contribution in [0.5, 0.6) is 0 Å². The number of rotatable bonds is 0. The van der Waals surface area contributed by atoms with Crippen LogP contribution in [0, 0.1) is 21.6 Å². The van der Waals surface area contributed by atoms with Crippen molar-refractivity contribution in [2.24, 2.45) is 11.5 Å². The Bertz CT molecular complexity index is 386. The van der Waals surface area contributed by atoms with E-state index in [0.717, 1.165) is 0 Å². The van der Waals surface area contributed by atoms with Crippen molar-refractivity contribution in [3.8, 4) is 0 Å². The summed E-state index contributed by atoms with van der Waals surface area (Å²) in [6.07, 6.45) is 0. The molecule has 0 saturated carbocycles. The number of nitrogens with one attached hydrogen (secondary N) is 8. The molecule has 0 fully saturated rings. The first-order chi connectivity index (χ1) is 8.22. The molecule has 12 nitrogen and oxygen atoms in total. The molecule has 12 heteroatoms. The van der Waals surface area contributed by atoms with Gasteiger partial charge in [0.1, 0.15) is 0 Å². The van der Waals surface area contributed by atoms with Crippen LogP contribution in [0.15, 0.2) is 0 Å². The lowest BCUT2D eigenvalue weighted by Crippen LogP contribution is -2.53. The van der Waals surface area contributed by atoms with E-state index >= 15 is 0 Å². The molecule has 0 atom stereocenters. The van der Waals surface area contributed by atoms with Crippen molar-refractivity contribution in [3.63, 3.8) is 0 Å². The fourth-order valence-electron chi connectivity index (χ4n) is 0.672. The Morgan fingerprint density at radius 3 is 1.17 bits per heavy atom. The van der Waals surface area contributed by atoms with Crippen molar-refractivity contribution in [3.05, 3.63) is 0 Å². The van der Waals surface area contributed by atoms with Crippen LogP contribution < -0.4 is 32.7 Å². The Kier molecular flexibility index (Phi) is 5.28. The van der Waals surface area contributed by atoms with E-state index in [9.17, 15) is 9.59 Å². The molecule has 98 valence electrons. The van der Waals surface area contributed by atoms with Gasteiger partial charge in [-0.1, -0.05) is 0 Å². The number of carbonyl (C=O) groups excluding carboxylic acids is 2. The lowest BCUT2D eigenvalue weighted by molar-refractivity contribution is -0.137. The molecule has 0 aliphatic carbocycles. The van der Waals surface area contributed by atoms with Gasteiger partial charge in [-0.2, -0.15) is 0 Å². The van der Waals surface area contributed by atoms with Crippen LogP contribution in [0.2, 0.25) is 0 Å². The first-order valence-corrected chi connectivity index (χ1v) is 4.24. The predicted molar refractivity (Wildman–Crippen MR) is 61.8 cm³/mol. The minimum Gasteiger partial charge on any atom is -0.370 e. The first kappa shape index (κ1) is 14.8. The Hall–Kier alpha value is -3.18. The number of guanidine groups is 4. The maximum Gasteiger partial charge on any atom is 0.316 e. The average Bonchev–Trinajstić information content (AvgIpc) is 2.13. The quantitative estimate of drug-likeness (QED) is 0.118. The van der Waals surface area contributed by atoms with Gasteiger partial charge in [-0.05, 0) is 0 Å². The Morgan fingerprint density at radius 1 is 0.667 bits per heavy atom. The summed E-state index contributed by atoms with van der Waals surface area (Å²) in [7, 11) is 0. The van der Waals surface area contributed by atoms with Crippen LogP contribution in [-0.4, -0.2) is 35.7 Å². The molecule has 0 aliphatic rings. The summed E-state index contributed by atoms with van der Waals surface area (Å²) in [5, 5.41) is 35.0. The highest BCUT2D eigenvalue weighted by atomic mass is 16.2. The van der Waals surface area contributed by atoms with Crippen LogP contribution in [0.25, 0.3) is 0 Å². The molecule has 0 aromatic heterocycles. The molecular formula is C6H12N10O2. The number of hydrogen-bond acceptors (Lipinski definition) is 6. The predicted octanol–water partition coefficient (Wildman–Crippen LogP) is -3.95. The highest BCUT2D eigenvalue weighted by Crippen LogP contribution is 1.70. The standard InChI is InChI=1S/C6H12N10O2/c7-3(8)15-5(11)13-1(17)2(18)14-6(12)16-4(9)10/h(H6,7,8,11,13,15,17)(H6,9,10,12,14,16,18). The second-order valence-electron chi connectivity index (χ2n) is 2.74. The minimum atomic E-state index is -1.26. The summed E-state index contributed by atoms with van der Waals surface area (Å²) in [6.45, 7) is 0.